The molecule has 0 saturated carbocycles. The van der Waals surface area contributed by atoms with E-state index in [1.165, 1.54) is 81.0 Å². The van der Waals surface area contributed by atoms with Crippen molar-refractivity contribution in [2.75, 3.05) is 0 Å². The van der Waals surface area contributed by atoms with Crippen molar-refractivity contribution >= 4 is 42.3 Å². The van der Waals surface area contributed by atoms with Gasteiger partial charge in [0.1, 0.15) is 0 Å². The number of thiophene rings is 1. The second-order valence-electron chi connectivity index (χ2n) is 17.2. The van der Waals surface area contributed by atoms with Gasteiger partial charge in [-0.3, -0.25) is 0 Å². The second-order valence-corrected chi connectivity index (χ2v) is 18.3. The van der Waals surface area contributed by atoms with Crippen LogP contribution < -0.4 is 0 Å². The highest BCUT2D eigenvalue weighted by Gasteiger charge is 2.46. The first-order valence-corrected chi connectivity index (χ1v) is 23.4. The molecule has 0 fully saturated rings. The van der Waals surface area contributed by atoms with Crippen LogP contribution in [-0.4, -0.2) is 9.97 Å². The van der Waals surface area contributed by atoms with Crippen molar-refractivity contribution in [3.05, 3.63) is 265 Å². The van der Waals surface area contributed by atoms with Crippen LogP contribution >= 0.6 is 11.3 Å². The summed E-state index contributed by atoms with van der Waals surface area (Å²) >= 11 is 1.87. The molecule has 0 amide bonds. The molecular formula is C63H40N2S. The van der Waals surface area contributed by atoms with Crippen molar-refractivity contribution in [3.8, 4) is 67.3 Å². The molecule has 0 unspecified atom stereocenters. The van der Waals surface area contributed by atoms with Gasteiger partial charge >= 0.3 is 0 Å². The Morgan fingerprint density at radius 2 is 0.864 bits per heavy atom. The lowest BCUT2D eigenvalue weighted by Crippen LogP contribution is -2.28. The molecule has 10 aromatic carbocycles. The molecule has 1 aliphatic rings. The summed E-state index contributed by atoms with van der Waals surface area (Å²) in [7, 11) is 0. The molecular weight excluding hydrogens is 817 g/mol. The van der Waals surface area contributed by atoms with Crippen LogP contribution in [0, 0.1) is 0 Å². The molecule has 12 aromatic rings. The Morgan fingerprint density at radius 1 is 0.318 bits per heavy atom. The highest BCUT2D eigenvalue weighted by Crippen LogP contribution is 2.56. The van der Waals surface area contributed by atoms with Crippen LogP contribution in [0.2, 0.25) is 0 Å². The zero-order chi connectivity index (χ0) is 43.6. The molecule has 0 aliphatic heterocycles. The van der Waals surface area contributed by atoms with Crippen LogP contribution in [0.5, 0.6) is 0 Å². The minimum Gasteiger partial charge on any atom is -0.228 e. The Balaban J connectivity index is 0.887. The maximum absolute atomic E-state index is 5.30. The van der Waals surface area contributed by atoms with E-state index >= 15 is 0 Å². The van der Waals surface area contributed by atoms with Crippen LogP contribution in [0.3, 0.4) is 0 Å². The van der Waals surface area contributed by atoms with Crippen LogP contribution in [0.4, 0.5) is 0 Å². The maximum atomic E-state index is 5.30. The number of hydrogen-bond acceptors (Lipinski definition) is 3. The molecule has 1 aliphatic carbocycles. The summed E-state index contributed by atoms with van der Waals surface area (Å²) in [5.41, 5.74) is 16.7. The van der Waals surface area contributed by atoms with E-state index in [9.17, 15) is 0 Å². The van der Waals surface area contributed by atoms with E-state index in [2.05, 4.69) is 237 Å². The maximum Gasteiger partial charge on any atom is 0.160 e. The molecule has 0 saturated heterocycles. The average Bonchev–Trinajstić information content (AvgIpc) is 3.93. The largest absolute Gasteiger partial charge is 0.228 e. The monoisotopic (exact) mass is 856 g/mol. The van der Waals surface area contributed by atoms with Crippen molar-refractivity contribution in [1.29, 1.82) is 0 Å². The van der Waals surface area contributed by atoms with Gasteiger partial charge in [0.25, 0.3) is 0 Å². The molecule has 66 heavy (non-hydrogen) atoms. The summed E-state index contributed by atoms with van der Waals surface area (Å²) in [6, 6.07) is 88.2. The topological polar surface area (TPSA) is 25.8 Å². The molecule has 0 spiro atoms. The van der Waals surface area contributed by atoms with E-state index in [4.69, 9.17) is 9.97 Å². The molecule has 13 rings (SSSR count). The predicted molar refractivity (Wildman–Crippen MR) is 277 cm³/mol. The van der Waals surface area contributed by atoms with Gasteiger partial charge in [-0.15, -0.1) is 11.3 Å². The smallest absolute Gasteiger partial charge is 0.160 e. The number of rotatable bonds is 7. The molecule has 308 valence electrons. The highest BCUT2D eigenvalue weighted by molar-refractivity contribution is 7.25. The SMILES string of the molecule is c1ccc(-c2nc(-c3ccc(-c4ccc5cc(-c6cccc7sc8ccccc8c67)ccc5c4)cc3)cc(-c3ccc4c(c3)C(c3ccccc3)(c3ccccc3)c3ccccc3-4)n2)cc1. The first-order chi connectivity index (χ1) is 32.7. The van der Waals surface area contributed by atoms with Gasteiger partial charge in [0.2, 0.25) is 0 Å². The molecule has 2 aromatic heterocycles. The Hall–Kier alpha value is -8.24. The van der Waals surface area contributed by atoms with Gasteiger partial charge in [-0.1, -0.05) is 206 Å². The minimum absolute atomic E-state index is 0.502. The Morgan fingerprint density at radius 3 is 1.62 bits per heavy atom. The third kappa shape index (κ3) is 6.16. The molecule has 0 atom stereocenters. The van der Waals surface area contributed by atoms with Gasteiger partial charge in [-0.2, -0.15) is 0 Å². The molecule has 2 nitrogen and oxygen atoms in total. The summed E-state index contributed by atoms with van der Waals surface area (Å²) in [6.07, 6.45) is 0. The van der Waals surface area contributed by atoms with Gasteiger partial charge in [-0.25, -0.2) is 9.97 Å². The second kappa shape index (κ2) is 15.5. The zero-order valence-corrected chi connectivity index (χ0v) is 36.7. The van der Waals surface area contributed by atoms with E-state index in [1.807, 2.05) is 17.4 Å². The van der Waals surface area contributed by atoms with Crippen molar-refractivity contribution < 1.29 is 0 Å². The Labute approximate surface area is 387 Å². The lowest BCUT2D eigenvalue weighted by molar-refractivity contribution is 0.768. The first kappa shape index (κ1) is 38.2. The van der Waals surface area contributed by atoms with E-state index < -0.39 is 5.41 Å². The number of aromatic nitrogens is 2. The predicted octanol–water partition coefficient (Wildman–Crippen LogP) is 16.7. The number of nitrogens with zero attached hydrogens (tertiary/aromatic N) is 2. The third-order valence-electron chi connectivity index (χ3n) is 13.6. The van der Waals surface area contributed by atoms with E-state index in [0.717, 1.165) is 33.6 Å². The van der Waals surface area contributed by atoms with Crippen molar-refractivity contribution in [3.63, 3.8) is 0 Å². The molecule has 0 radical (unpaired) electrons. The lowest BCUT2D eigenvalue weighted by Gasteiger charge is -2.34. The summed E-state index contributed by atoms with van der Waals surface area (Å²) < 4.78 is 2.65. The van der Waals surface area contributed by atoms with Crippen molar-refractivity contribution in [1.82, 2.24) is 9.97 Å². The molecule has 2 heterocycles. The van der Waals surface area contributed by atoms with Crippen LogP contribution in [0.15, 0.2) is 243 Å². The molecule has 0 N–H and O–H groups in total. The number of benzene rings is 10. The fraction of sp³-hybridized carbons (Fsp3) is 0.0159. The van der Waals surface area contributed by atoms with Gasteiger partial charge in [-0.05, 0) is 103 Å². The summed E-state index contributed by atoms with van der Waals surface area (Å²) in [5.74, 6) is 0.700. The van der Waals surface area contributed by atoms with Gasteiger partial charge in [0, 0.05) is 36.9 Å². The zero-order valence-electron chi connectivity index (χ0n) is 35.9. The third-order valence-corrected chi connectivity index (χ3v) is 14.7. The first-order valence-electron chi connectivity index (χ1n) is 22.5. The molecule has 0 bridgehead atoms. The van der Waals surface area contributed by atoms with Crippen molar-refractivity contribution in [2.24, 2.45) is 0 Å². The van der Waals surface area contributed by atoms with Gasteiger partial charge in [0.05, 0.1) is 16.8 Å². The van der Waals surface area contributed by atoms with Gasteiger partial charge < -0.3 is 0 Å². The van der Waals surface area contributed by atoms with Crippen LogP contribution in [0.25, 0.3) is 98.2 Å². The number of hydrogen-bond donors (Lipinski definition) is 0. The minimum atomic E-state index is -0.502. The average molecular weight is 857 g/mol. The normalized spacial score (nSPS) is 12.7. The highest BCUT2D eigenvalue weighted by atomic mass is 32.1. The van der Waals surface area contributed by atoms with Gasteiger partial charge in [0.15, 0.2) is 5.82 Å². The Bertz CT molecular complexity index is 3760. The fourth-order valence-electron chi connectivity index (χ4n) is 10.5. The van der Waals surface area contributed by atoms with E-state index in [1.54, 1.807) is 0 Å². The standard InChI is InChI=1S/C63H40N2S/c1-4-15-43(16-5-1)62-64-57(40-58(65-62)48-35-36-53-52-21-10-12-24-55(52)63(56(53)39-48,49-17-6-2-7-18-49)50-19-8-3-9-20-50)42-29-27-41(28-30-42)44-31-32-46-38-47(34-33-45(46)37-44)51-23-14-26-60-61(51)54-22-11-13-25-59(54)66-60/h1-40H. The Kier molecular flexibility index (Phi) is 8.97. The summed E-state index contributed by atoms with van der Waals surface area (Å²) in [6.45, 7) is 0. The quantitative estimate of drug-likeness (QED) is 0.160. The van der Waals surface area contributed by atoms with E-state index in [-0.39, 0.29) is 0 Å². The van der Waals surface area contributed by atoms with Crippen LogP contribution in [0.1, 0.15) is 22.3 Å². The molecule has 3 heteroatoms. The fourth-order valence-corrected chi connectivity index (χ4v) is 11.6. The number of fused-ring (bicyclic) bond motifs is 7. The van der Waals surface area contributed by atoms with Crippen molar-refractivity contribution in [2.45, 2.75) is 5.41 Å². The van der Waals surface area contributed by atoms with Crippen LogP contribution in [-0.2, 0) is 5.41 Å². The van der Waals surface area contributed by atoms with E-state index in [0.29, 0.717) is 5.82 Å². The summed E-state index contributed by atoms with van der Waals surface area (Å²) in [4.78, 5) is 10.5. The lowest BCUT2D eigenvalue weighted by atomic mass is 9.67. The summed E-state index contributed by atoms with van der Waals surface area (Å²) in [5, 5.41) is 5.11.